The van der Waals surface area contributed by atoms with Gasteiger partial charge in [0, 0.05) is 11.4 Å². The highest BCUT2D eigenvalue weighted by atomic mass is 32.2. The number of aryl methyl sites for hydroxylation is 1. The zero-order chi connectivity index (χ0) is 20.0. The smallest absolute Gasteiger partial charge is 0.262 e. The first-order valence-corrected chi connectivity index (χ1v) is 10.1. The van der Waals surface area contributed by atoms with Crippen LogP contribution < -0.4 is 14.8 Å². The number of carbonyl (C=O) groups is 1. The van der Waals surface area contributed by atoms with Crippen molar-refractivity contribution >= 4 is 27.3 Å². The van der Waals surface area contributed by atoms with Crippen molar-refractivity contribution in [3.8, 4) is 5.75 Å². The molecule has 28 heavy (non-hydrogen) atoms. The summed E-state index contributed by atoms with van der Waals surface area (Å²) in [4.78, 5) is 12.2. The molecule has 0 bridgehead atoms. The lowest BCUT2D eigenvalue weighted by Gasteiger charge is -2.11. The molecule has 0 saturated heterocycles. The summed E-state index contributed by atoms with van der Waals surface area (Å²) in [7, 11) is -3.70. The van der Waals surface area contributed by atoms with Crippen molar-refractivity contribution in [3.63, 3.8) is 0 Å². The number of para-hydroxylation sites is 2. The molecule has 0 atom stereocenters. The van der Waals surface area contributed by atoms with Crippen LogP contribution in [0.3, 0.4) is 0 Å². The van der Waals surface area contributed by atoms with Gasteiger partial charge in [-0.15, -0.1) is 0 Å². The monoisotopic (exact) mass is 396 g/mol. The van der Waals surface area contributed by atoms with Crippen LogP contribution in [-0.4, -0.2) is 20.9 Å². The predicted molar refractivity (Wildman–Crippen MR) is 109 cm³/mol. The average molecular weight is 396 g/mol. The molecule has 1 amide bonds. The number of anilines is 2. The van der Waals surface area contributed by atoms with Gasteiger partial charge < -0.3 is 10.1 Å². The topological polar surface area (TPSA) is 84.5 Å². The van der Waals surface area contributed by atoms with Gasteiger partial charge in [0.1, 0.15) is 5.75 Å². The fourth-order valence-corrected chi connectivity index (χ4v) is 3.56. The number of ether oxygens (including phenoxy) is 1. The van der Waals surface area contributed by atoms with E-state index in [1.807, 2.05) is 25.1 Å². The van der Waals surface area contributed by atoms with Crippen LogP contribution in [-0.2, 0) is 14.8 Å². The number of hydrogen-bond donors (Lipinski definition) is 2. The highest BCUT2D eigenvalue weighted by molar-refractivity contribution is 7.92. The number of amides is 1. The predicted octanol–water partition coefficient (Wildman–Crippen LogP) is 3.81. The molecule has 0 fully saturated rings. The van der Waals surface area contributed by atoms with Crippen molar-refractivity contribution in [1.29, 1.82) is 0 Å². The maximum atomic E-state index is 12.4. The minimum atomic E-state index is -3.70. The fraction of sp³-hybridized carbons (Fsp3) is 0.0952. The third kappa shape index (κ3) is 5.11. The highest BCUT2D eigenvalue weighted by Crippen LogP contribution is 2.19. The third-order valence-electron chi connectivity index (χ3n) is 3.93. The minimum absolute atomic E-state index is 0.102. The number of sulfonamides is 1. The quantitative estimate of drug-likeness (QED) is 0.636. The molecule has 0 heterocycles. The second-order valence-corrected chi connectivity index (χ2v) is 7.78. The Morgan fingerprint density at radius 2 is 1.50 bits per heavy atom. The molecule has 144 valence electrons. The van der Waals surface area contributed by atoms with E-state index in [2.05, 4.69) is 10.0 Å². The van der Waals surface area contributed by atoms with Gasteiger partial charge in [-0.25, -0.2) is 8.42 Å². The Labute approximate surface area is 164 Å². The summed E-state index contributed by atoms with van der Waals surface area (Å²) in [5.74, 6) is 0.312. The van der Waals surface area contributed by atoms with Crippen molar-refractivity contribution in [2.24, 2.45) is 0 Å². The molecule has 0 aliphatic heterocycles. The van der Waals surface area contributed by atoms with Crippen LogP contribution in [0, 0.1) is 6.92 Å². The molecule has 0 spiro atoms. The van der Waals surface area contributed by atoms with Crippen LogP contribution in [0.15, 0.2) is 83.8 Å². The van der Waals surface area contributed by atoms with Gasteiger partial charge in [0.15, 0.2) is 6.61 Å². The number of nitrogens with one attached hydrogen (secondary N) is 2. The van der Waals surface area contributed by atoms with Crippen molar-refractivity contribution in [2.45, 2.75) is 11.8 Å². The van der Waals surface area contributed by atoms with E-state index in [9.17, 15) is 13.2 Å². The van der Waals surface area contributed by atoms with E-state index in [-0.39, 0.29) is 17.4 Å². The molecule has 0 radical (unpaired) electrons. The van der Waals surface area contributed by atoms with E-state index < -0.39 is 10.0 Å². The largest absolute Gasteiger partial charge is 0.483 e. The van der Waals surface area contributed by atoms with E-state index in [1.165, 1.54) is 24.3 Å². The van der Waals surface area contributed by atoms with E-state index in [0.29, 0.717) is 17.1 Å². The number of hydrogen-bond acceptors (Lipinski definition) is 4. The third-order valence-corrected chi connectivity index (χ3v) is 5.32. The van der Waals surface area contributed by atoms with Crippen LogP contribution in [0.2, 0.25) is 0 Å². The molecule has 0 aliphatic carbocycles. The number of rotatable bonds is 7. The van der Waals surface area contributed by atoms with E-state index >= 15 is 0 Å². The molecule has 0 unspecified atom stereocenters. The van der Waals surface area contributed by atoms with Crippen LogP contribution in [0.4, 0.5) is 11.4 Å². The first-order chi connectivity index (χ1) is 13.4. The fourth-order valence-electron chi connectivity index (χ4n) is 2.50. The SMILES string of the molecule is Cc1ccccc1OCC(=O)Nc1ccc(S(=O)(=O)Nc2ccccc2)cc1. The molecule has 2 N–H and O–H groups in total. The Morgan fingerprint density at radius 1 is 0.857 bits per heavy atom. The summed E-state index contributed by atoms with van der Waals surface area (Å²) in [5.41, 5.74) is 1.90. The Kier molecular flexibility index (Phi) is 5.96. The molecule has 0 aliphatic rings. The normalized spacial score (nSPS) is 10.9. The summed E-state index contributed by atoms with van der Waals surface area (Å²) in [6.07, 6.45) is 0. The van der Waals surface area contributed by atoms with Crippen LogP contribution in [0.25, 0.3) is 0 Å². The van der Waals surface area contributed by atoms with E-state index in [0.717, 1.165) is 5.56 Å². The van der Waals surface area contributed by atoms with Crippen molar-refractivity contribution in [3.05, 3.63) is 84.4 Å². The van der Waals surface area contributed by atoms with Crippen LogP contribution in [0.1, 0.15) is 5.56 Å². The summed E-state index contributed by atoms with van der Waals surface area (Å²) in [6.45, 7) is 1.76. The highest BCUT2D eigenvalue weighted by Gasteiger charge is 2.14. The number of benzene rings is 3. The minimum Gasteiger partial charge on any atom is -0.483 e. The summed E-state index contributed by atoms with van der Waals surface area (Å²) in [5, 5.41) is 2.68. The van der Waals surface area contributed by atoms with Gasteiger partial charge in [0.25, 0.3) is 15.9 Å². The standard InChI is InChI=1S/C21H20N2O4S/c1-16-7-5-6-10-20(16)27-15-21(24)22-17-11-13-19(14-12-17)28(25,26)23-18-8-3-2-4-9-18/h2-14,23H,15H2,1H3,(H,22,24). The summed E-state index contributed by atoms with van der Waals surface area (Å²) >= 11 is 0. The van der Waals surface area contributed by atoms with Gasteiger partial charge in [0.05, 0.1) is 4.90 Å². The maximum Gasteiger partial charge on any atom is 0.262 e. The van der Waals surface area contributed by atoms with Gasteiger partial charge in [0.2, 0.25) is 0 Å². The zero-order valence-electron chi connectivity index (χ0n) is 15.3. The summed E-state index contributed by atoms with van der Waals surface area (Å²) < 4.78 is 32.8. The van der Waals surface area contributed by atoms with Crippen molar-refractivity contribution in [2.75, 3.05) is 16.6 Å². The average Bonchev–Trinajstić information content (AvgIpc) is 2.68. The number of carbonyl (C=O) groups excluding carboxylic acids is 1. The van der Waals surface area contributed by atoms with Crippen LogP contribution in [0.5, 0.6) is 5.75 Å². The molecule has 3 aromatic carbocycles. The van der Waals surface area contributed by atoms with Crippen molar-refractivity contribution in [1.82, 2.24) is 0 Å². The van der Waals surface area contributed by atoms with E-state index in [4.69, 9.17) is 4.74 Å². The van der Waals surface area contributed by atoms with Gasteiger partial charge in [-0.1, -0.05) is 36.4 Å². The lowest BCUT2D eigenvalue weighted by atomic mass is 10.2. The van der Waals surface area contributed by atoms with E-state index in [1.54, 1.807) is 36.4 Å². The summed E-state index contributed by atoms with van der Waals surface area (Å²) in [6, 6.07) is 22.0. The first kappa shape index (κ1) is 19.4. The molecule has 3 aromatic rings. The van der Waals surface area contributed by atoms with Gasteiger partial charge in [-0.2, -0.15) is 0 Å². The first-order valence-electron chi connectivity index (χ1n) is 8.60. The Morgan fingerprint density at radius 3 is 2.18 bits per heavy atom. The lowest BCUT2D eigenvalue weighted by Crippen LogP contribution is -2.20. The Bertz CT molecular complexity index is 1050. The maximum absolute atomic E-state index is 12.4. The molecule has 7 heteroatoms. The molecular formula is C21H20N2O4S. The Balaban J connectivity index is 1.59. The van der Waals surface area contributed by atoms with Crippen LogP contribution >= 0.6 is 0 Å². The molecule has 0 saturated carbocycles. The second-order valence-electron chi connectivity index (χ2n) is 6.10. The second kappa shape index (κ2) is 8.58. The molecule has 6 nitrogen and oxygen atoms in total. The Hall–Kier alpha value is -3.32. The van der Waals surface area contributed by atoms with Crippen molar-refractivity contribution < 1.29 is 17.9 Å². The van der Waals surface area contributed by atoms with Gasteiger partial charge >= 0.3 is 0 Å². The molecule has 0 aromatic heterocycles. The van der Waals surface area contributed by atoms with Gasteiger partial charge in [-0.05, 0) is 55.0 Å². The molecule has 3 rings (SSSR count). The lowest BCUT2D eigenvalue weighted by molar-refractivity contribution is -0.118. The van der Waals surface area contributed by atoms with Gasteiger partial charge in [-0.3, -0.25) is 9.52 Å². The molecular weight excluding hydrogens is 376 g/mol. The zero-order valence-corrected chi connectivity index (χ0v) is 16.1.